The van der Waals surface area contributed by atoms with Gasteiger partial charge in [0.1, 0.15) is 5.01 Å². The molecule has 0 unspecified atom stereocenters. The van der Waals surface area contributed by atoms with Crippen LogP contribution in [0.4, 0.5) is 5.69 Å². The van der Waals surface area contributed by atoms with Gasteiger partial charge in [0.2, 0.25) is 0 Å². The van der Waals surface area contributed by atoms with Gasteiger partial charge < -0.3 is 10.2 Å². The van der Waals surface area contributed by atoms with Crippen molar-refractivity contribution in [3.05, 3.63) is 34.8 Å². The smallest absolute Gasteiger partial charge is 0.123 e. The molecule has 0 saturated heterocycles. The normalized spacial score (nSPS) is 14.6. The summed E-state index contributed by atoms with van der Waals surface area (Å²) >= 11 is 1.83. The summed E-state index contributed by atoms with van der Waals surface area (Å²) in [6.45, 7) is 0.930. The third-order valence-corrected chi connectivity index (χ3v) is 4.78. The highest BCUT2D eigenvalue weighted by atomic mass is 32.1. The van der Waals surface area contributed by atoms with Crippen molar-refractivity contribution in [3.63, 3.8) is 0 Å². The molecule has 3 nitrogen and oxygen atoms in total. The number of aromatic nitrogens is 1. The molecule has 1 aromatic carbocycles. The molecule has 0 spiro atoms. The molecule has 1 aromatic heterocycles. The number of nitrogens with zero attached hydrogens (tertiary/aromatic N) is 2. The Kier molecular flexibility index (Phi) is 3.76. The standard InChI is InChI=1S/C16H21N3S/c1-17-10-14-15(11-4-5-11)18-16(20-14)12-6-8-13(9-7-12)19(2)3/h6-9,11,17H,4-5,10H2,1-3H3. The monoisotopic (exact) mass is 287 g/mol. The first-order valence-electron chi connectivity index (χ1n) is 7.11. The van der Waals surface area contributed by atoms with Gasteiger partial charge in [-0.15, -0.1) is 11.3 Å². The second-order valence-corrected chi connectivity index (χ2v) is 6.66. The molecular weight excluding hydrogens is 266 g/mol. The summed E-state index contributed by atoms with van der Waals surface area (Å²) in [7, 11) is 6.13. The van der Waals surface area contributed by atoms with Crippen LogP contribution in [0.3, 0.4) is 0 Å². The lowest BCUT2D eigenvalue weighted by Crippen LogP contribution is -2.07. The predicted molar refractivity (Wildman–Crippen MR) is 86.6 cm³/mol. The number of benzene rings is 1. The third kappa shape index (κ3) is 2.72. The molecule has 0 atom stereocenters. The van der Waals surface area contributed by atoms with Crippen molar-refractivity contribution in [2.75, 3.05) is 26.0 Å². The van der Waals surface area contributed by atoms with E-state index in [1.54, 1.807) is 0 Å². The SMILES string of the molecule is CNCc1sc(-c2ccc(N(C)C)cc2)nc1C1CC1. The molecule has 0 amide bonds. The Morgan fingerprint density at radius 2 is 1.95 bits per heavy atom. The third-order valence-electron chi connectivity index (χ3n) is 3.66. The van der Waals surface area contributed by atoms with Crippen LogP contribution in [0, 0.1) is 0 Å². The van der Waals surface area contributed by atoms with E-state index in [4.69, 9.17) is 4.98 Å². The Bertz CT molecular complexity index is 582. The fourth-order valence-electron chi connectivity index (χ4n) is 2.35. The molecule has 0 aliphatic heterocycles. The number of nitrogens with one attached hydrogen (secondary N) is 1. The van der Waals surface area contributed by atoms with Crippen molar-refractivity contribution >= 4 is 17.0 Å². The Hall–Kier alpha value is -1.39. The van der Waals surface area contributed by atoms with Crippen LogP contribution in [0.15, 0.2) is 24.3 Å². The van der Waals surface area contributed by atoms with Crippen LogP contribution in [-0.4, -0.2) is 26.1 Å². The molecule has 0 radical (unpaired) electrons. The predicted octanol–water partition coefficient (Wildman–Crippen LogP) is 3.47. The van der Waals surface area contributed by atoms with Crippen LogP contribution < -0.4 is 10.2 Å². The fourth-order valence-corrected chi connectivity index (χ4v) is 3.52. The molecule has 1 saturated carbocycles. The van der Waals surface area contributed by atoms with E-state index in [1.807, 2.05) is 18.4 Å². The van der Waals surface area contributed by atoms with Crippen LogP contribution >= 0.6 is 11.3 Å². The minimum Gasteiger partial charge on any atom is -0.378 e. The Morgan fingerprint density at radius 3 is 2.50 bits per heavy atom. The molecule has 0 bridgehead atoms. The second-order valence-electron chi connectivity index (χ2n) is 5.57. The topological polar surface area (TPSA) is 28.2 Å². The zero-order chi connectivity index (χ0) is 14.1. The van der Waals surface area contributed by atoms with Crippen molar-refractivity contribution in [2.24, 2.45) is 0 Å². The van der Waals surface area contributed by atoms with Crippen LogP contribution in [-0.2, 0) is 6.54 Å². The molecule has 1 aliphatic rings. The molecule has 4 heteroatoms. The molecule has 3 rings (SSSR count). The summed E-state index contributed by atoms with van der Waals surface area (Å²) in [4.78, 5) is 8.42. The zero-order valence-electron chi connectivity index (χ0n) is 12.3. The summed E-state index contributed by atoms with van der Waals surface area (Å²) in [5.74, 6) is 0.712. The molecule has 106 valence electrons. The average molecular weight is 287 g/mol. The Labute approximate surface area is 124 Å². The highest BCUT2D eigenvalue weighted by Gasteiger charge is 2.29. The maximum absolute atomic E-state index is 4.90. The second kappa shape index (κ2) is 5.54. The van der Waals surface area contributed by atoms with E-state index >= 15 is 0 Å². The van der Waals surface area contributed by atoms with E-state index < -0.39 is 0 Å². The summed E-state index contributed by atoms with van der Waals surface area (Å²) in [5, 5.41) is 4.41. The number of hydrogen-bond acceptors (Lipinski definition) is 4. The van der Waals surface area contributed by atoms with E-state index in [0.29, 0.717) is 5.92 Å². The lowest BCUT2D eigenvalue weighted by Gasteiger charge is -2.11. The van der Waals surface area contributed by atoms with E-state index in [1.165, 1.54) is 34.7 Å². The van der Waals surface area contributed by atoms with Crippen molar-refractivity contribution in [2.45, 2.75) is 25.3 Å². The number of thiazole rings is 1. The van der Waals surface area contributed by atoms with E-state index in [9.17, 15) is 0 Å². The molecule has 20 heavy (non-hydrogen) atoms. The average Bonchev–Trinajstić information content (AvgIpc) is 3.21. The van der Waals surface area contributed by atoms with Crippen LogP contribution in [0.2, 0.25) is 0 Å². The van der Waals surface area contributed by atoms with Gasteiger partial charge in [-0.3, -0.25) is 0 Å². The molecular formula is C16H21N3S. The summed E-state index contributed by atoms with van der Waals surface area (Å²) in [6, 6.07) is 8.67. The molecule has 1 fully saturated rings. The highest BCUT2D eigenvalue weighted by Crippen LogP contribution is 2.44. The van der Waals surface area contributed by atoms with E-state index in [0.717, 1.165) is 11.6 Å². The van der Waals surface area contributed by atoms with Crippen LogP contribution in [0.25, 0.3) is 10.6 Å². The number of anilines is 1. The van der Waals surface area contributed by atoms with Crippen molar-refractivity contribution in [1.29, 1.82) is 0 Å². The quantitative estimate of drug-likeness (QED) is 0.912. The minimum atomic E-state index is 0.712. The first-order chi connectivity index (χ1) is 9.69. The summed E-state index contributed by atoms with van der Waals surface area (Å²) < 4.78 is 0. The maximum atomic E-state index is 4.90. The lowest BCUT2D eigenvalue weighted by atomic mass is 10.2. The molecule has 1 N–H and O–H groups in total. The van der Waals surface area contributed by atoms with Gasteiger partial charge in [0, 0.05) is 42.7 Å². The van der Waals surface area contributed by atoms with Gasteiger partial charge in [-0.2, -0.15) is 0 Å². The van der Waals surface area contributed by atoms with Gasteiger partial charge in [0.15, 0.2) is 0 Å². The van der Waals surface area contributed by atoms with Gasteiger partial charge in [-0.05, 0) is 44.2 Å². The summed E-state index contributed by atoms with van der Waals surface area (Å²) in [5.41, 5.74) is 3.78. The number of rotatable bonds is 5. The first-order valence-corrected chi connectivity index (χ1v) is 7.92. The van der Waals surface area contributed by atoms with E-state index in [-0.39, 0.29) is 0 Å². The largest absolute Gasteiger partial charge is 0.378 e. The summed E-state index contributed by atoms with van der Waals surface area (Å²) in [6.07, 6.45) is 2.61. The highest BCUT2D eigenvalue weighted by molar-refractivity contribution is 7.15. The van der Waals surface area contributed by atoms with Crippen molar-refractivity contribution < 1.29 is 0 Å². The van der Waals surface area contributed by atoms with E-state index in [2.05, 4.69) is 48.6 Å². The molecule has 1 heterocycles. The van der Waals surface area contributed by atoms with Gasteiger partial charge >= 0.3 is 0 Å². The van der Waals surface area contributed by atoms with Gasteiger partial charge in [-0.25, -0.2) is 4.98 Å². The van der Waals surface area contributed by atoms with Crippen LogP contribution in [0.5, 0.6) is 0 Å². The van der Waals surface area contributed by atoms with Gasteiger partial charge in [0.05, 0.1) is 5.69 Å². The van der Waals surface area contributed by atoms with Crippen molar-refractivity contribution in [1.82, 2.24) is 10.3 Å². The molecule has 2 aromatic rings. The Balaban J connectivity index is 1.91. The minimum absolute atomic E-state index is 0.712. The first kappa shape index (κ1) is 13.6. The fraction of sp³-hybridized carbons (Fsp3) is 0.438. The lowest BCUT2D eigenvalue weighted by molar-refractivity contribution is 0.813. The van der Waals surface area contributed by atoms with Gasteiger partial charge in [0.25, 0.3) is 0 Å². The maximum Gasteiger partial charge on any atom is 0.123 e. The molecule has 1 aliphatic carbocycles. The Morgan fingerprint density at radius 1 is 1.25 bits per heavy atom. The van der Waals surface area contributed by atoms with Crippen LogP contribution in [0.1, 0.15) is 29.3 Å². The van der Waals surface area contributed by atoms with Crippen molar-refractivity contribution in [3.8, 4) is 10.6 Å². The zero-order valence-corrected chi connectivity index (χ0v) is 13.1. The van der Waals surface area contributed by atoms with Gasteiger partial charge in [-0.1, -0.05) is 0 Å². The number of hydrogen-bond donors (Lipinski definition) is 1.